The van der Waals surface area contributed by atoms with Crippen molar-refractivity contribution in [1.29, 1.82) is 0 Å². The van der Waals surface area contributed by atoms with E-state index in [0.29, 0.717) is 0 Å². The number of aliphatic hydroxyl groups is 1. The Kier molecular flexibility index (Phi) is 3.74. The topological polar surface area (TPSA) is 23.5 Å². The quantitative estimate of drug-likeness (QED) is 0.710. The van der Waals surface area contributed by atoms with Crippen LogP contribution in [0.4, 0.5) is 0 Å². The Bertz CT molecular complexity index is 145. The molecule has 1 atom stereocenters. The van der Waals surface area contributed by atoms with Crippen molar-refractivity contribution in [1.82, 2.24) is 4.90 Å². The molecule has 0 aromatic rings. The molecule has 0 aliphatic carbocycles. The minimum absolute atomic E-state index is 0.0252. The SMILES string of the molecule is CC(C)(C)C(O)CN1CCCCC1. The van der Waals surface area contributed by atoms with Gasteiger partial charge in [0.1, 0.15) is 0 Å². The van der Waals surface area contributed by atoms with E-state index in [1.165, 1.54) is 32.4 Å². The molecule has 1 N–H and O–H groups in total. The van der Waals surface area contributed by atoms with E-state index in [-0.39, 0.29) is 11.5 Å². The number of piperidine rings is 1. The fourth-order valence-corrected chi connectivity index (χ4v) is 1.66. The van der Waals surface area contributed by atoms with E-state index in [4.69, 9.17) is 0 Å². The Morgan fingerprint density at radius 2 is 1.69 bits per heavy atom. The first kappa shape index (κ1) is 11.0. The molecule has 1 saturated heterocycles. The maximum absolute atomic E-state index is 9.90. The maximum atomic E-state index is 9.90. The molecule has 1 fully saturated rings. The standard InChI is InChI=1S/C11H23NO/c1-11(2,3)10(13)9-12-7-5-4-6-8-12/h10,13H,4-9H2,1-3H3. The largest absolute Gasteiger partial charge is 0.391 e. The lowest BCUT2D eigenvalue weighted by molar-refractivity contribution is 0.0235. The molecular weight excluding hydrogens is 162 g/mol. The molecule has 1 aliphatic rings. The van der Waals surface area contributed by atoms with E-state index in [1.54, 1.807) is 0 Å². The summed E-state index contributed by atoms with van der Waals surface area (Å²) in [6.07, 6.45) is 3.78. The molecule has 2 nitrogen and oxygen atoms in total. The summed E-state index contributed by atoms with van der Waals surface area (Å²) in [6, 6.07) is 0. The first-order valence-corrected chi connectivity index (χ1v) is 5.40. The predicted octanol–water partition coefficient (Wildman–Crippen LogP) is 1.88. The summed E-state index contributed by atoms with van der Waals surface area (Å²) in [5.41, 5.74) is 0.0252. The summed E-state index contributed by atoms with van der Waals surface area (Å²) >= 11 is 0. The molecule has 0 amide bonds. The van der Waals surface area contributed by atoms with Gasteiger partial charge < -0.3 is 10.0 Å². The van der Waals surface area contributed by atoms with Gasteiger partial charge in [-0.15, -0.1) is 0 Å². The molecule has 1 aliphatic heterocycles. The fourth-order valence-electron chi connectivity index (χ4n) is 1.66. The summed E-state index contributed by atoms with van der Waals surface area (Å²) < 4.78 is 0. The smallest absolute Gasteiger partial charge is 0.0715 e. The van der Waals surface area contributed by atoms with Crippen molar-refractivity contribution in [3.8, 4) is 0 Å². The molecule has 78 valence electrons. The van der Waals surface area contributed by atoms with Crippen LogP contribution in [-0.4, -0.2) is 35.7 Å². The first-order valence-electron chi connectivity index (χ1n) is 5.40. The molecule has 0 aromatic carbocycles. The van der Waals surface area contributed by atoms with Gasteiger partial charge in [-0.3, -0.25) is 0 Å². The average molecular weight is 185 g/mol. The van der Waals surface area contributed by atoms with Crippen LogP contribution in [0.5, 0.6) is 0 Å². The average Bonchev–Trinajstić information content (AvgIpc) is 2.04. The van der Waals surface area contributed by atoms with Crippen molar-refractivity contribution in [2.75, 3.05) is 19.6 Å². The van der Waals surface area contributed by atoms with Gasteiger partial charge in [-0.1, -0.05) is 27.2 Å². The number of hydrogen-bond donors (Lipinski definition) is 1. The molecule has 13 heavy (non-hydrogen) atoms. The zero-order valence-corrected chi connectivity index (χ0v) is 9.21. The zero-order chi connectivity index (χ0) is 9.90. The summed E-state index contributed by atoms with van der Waals surface area (Å²) in [5, 5.41) is 9.90. The second-order valence-electron chi connectivity index (χ2n) is 5.24. The molecule has 0 radical (unpaired) electrons. The fraction of sp³-hybridized carbons (Fsp3) is 1.00. The van der Waals surface area contributed by atoms with Crippen LogP contribution in [-0.2, 0) is 0 Å². The van der Waals surface area contributed by atoms with Crippen LogP contribution >= 0.6 is 0 Å². The number of nitrogens with zero attached hydrogens (tertiary/aromatic N) is 1. The number of likely N-dealkylation sites (tertiary alicyclic amines) is 1. The van der Waals surface area contributed by atoms with E-state index in [1.807, 2.05) is 0 Å². The van der Waals surface area contributed by atoms with Gasteiger partial charge in [-0.25, -0.2) is 0 Å². The Hall–Kier alpha value is -0.0800. The van der Waals surface area contributed by atoms with E-state index in [0.717, 1.165) is 6.54 Å². The first-order chi connectivity index (χ1) is 6.00. The molecular formula is C11H23NO. The minimum atomic E-state index is -0.189. The second-order valence-corrected chi connectivity index (χ2v) is 5.24. The third kappa shape index (κ3) is 3.65. The molecule has 2 heteroatoms. The normalized spacial score (nSPS) is 23.1. The van der Waals surface area contributed by atoms with Crippen molar-refractivity contribution in [2.45, 2.75) is 46.1 Å². The molecule has 0 saturated carbocycles. The maximum Gasteiger partial charge on any atom is 0.0715 e. The minimum Gasteiger partial charge on any atom is -0.391 e. The van der Waals surface area contributed by atoms with E-state index in [9.17, 15) is 5.11 Å². The highest BCUT2D eigenvalue weighted by Crippen LogP contribution is 2.21. The van der Waals surface area contributed by atoms with Crippen molar-refractivity contribution in [2.24, 2.45) is 5.41 Å². The highest BCUT2D eigenvalue weighted by molar-refractivity contribution is 4.77. The van der Waals surface area contributed by atoms with Gasteiger partial charge in [0.05, 0.1) is 6.10 Å². The van der Waals surface area contributed by atoms with Gasteiger partial charge in [0.15, 0.2) is 0 Å². The van der Waals surface area contributed by atoms with Crippen LogP contribution in [0, 0.1) is 5.41 Å². The highest BCUT2D eigenvalue weighted by atomic mass is 16.3. The summed E-state index contributed by atoms with van der Waals surface area (Å²) in [6.45, 7) is 9.49. The summed E-state index contributed by atoms with van der Waals surface area (Å²) in [7, 11) is 0. The van der Waals surface area contributed by atoms with Crippen molar-refractivity contribution in [3.05, 3.63) is 0 Å². The Morgan fingerprint density at radius 1 is 1.15 bits per heavy atom. The van der Waals surface area contributed by atoms with Crippen LogP contribution in [0.15, 0.2) is 0 Å². The van der Waals surface area contributed by atoms with Gasteiger partial charge in [0, 0.05) is 6.54 Å². The number of hydrogen-bond acceptors (Lipinski definition) is 2. The van der Waals surface area contributed by atoms with Gasteiger partial charge in [0.25, 0.3) is 0 Å². The van der Waals surface area contributed by atoms with E-state index < -0.39 is 0 Å². The Labute approximate surface area is 81.9 Å². The zero-order valence-electron chi connectivity index (χ0n) is 9.21. The van der Waals surface area contributed by atoms with Crippen molar-refractivity contribution < 1.29 is 5.11 Å². The third-order valence-corrected chi connectivity index (χ3v) is 2.88. The Balaban J connectivity index is 2.30. The lowest BCUT2D eigenvalue weighted by atomic mass is 9.88. The second kappa shape index (κ2) is 4.43. The third-order valence-electron chi connectivity index (χ3n) is 2.88. The lowest BCUT2D eigenvalue weighted by Crippen LogP contribution is -2.41. The van der Waals surface area contributed by atoms with Crippen LogP contribution < -0.4 is 0 Å². The van der Waals surface area contributed by atoms with Gasteiger partial charge in [-0.2, -0.15) is 0 Å². The Morgan fingerprint density at radius 3 is 2.15 bits per heavy atom. The van der Waals surface area contributed by atoms with E-state index >= 15 is 0 Å². The lowest BCUT2D eigenvalue weighted by Gasteiger charge is -2.33. The molecule has 0 bridgehead atoms. The monoisotopic (exact) mass is 185 g/mol. The van der Waals surface area contributed by atoms with Crippen LogP contribution in [0.3, 0.4) is 0 Å². The van der Waals surface area contributed by atoms with Gasteiger partial charge in [-0.05, 0) is 31.3 Å². The number of rotatable bonds is 2. The molecule has 0 aromatic heterocycles. The molecule has 1 unspecified atom stereocenters. The number of β-amino-alcohol motifs (C(OH)–C–C–N with tert-alkyl or cyclic N) is 1. The van der Waals surface area contributed by atoms with Gasteiger partial charge in [0.2, 0.25) is 0 Å². The predicted molar refractivity (Wildman–Crippen MR) is 55.8 cm³/mol. The molecule has 0 spiro atoms. The van der Waals surface area contributed by atoms with E-state index in [2.05, 4.69) is 25.7 Å². The van der Waals surface area contributed by atoms with Gasteiger partial charge >= 0.3 is 0 Å². The highest BCUT2D eigenvalue weighted by Gasteiger charge is 2.24. The van der Waals surface area contributed by atoms with Crippen molar-refractivity contribution >= 4 is 0 Å². The van der Waals surface area contributed by atoms with Crippen LogP contribution in [0.25, 0.3) is 0 Å². The van der Waals surface area contributed by atoms with Crippen LogP contribution in [0.2, 0.25) is 0 Å². The van der Waals surface area contributed by atoms with Crippen molar-refractivity contribution in [3.63, 3.8) is 0 Å². The summed E-state index contributed by atoms with van der Waals surface area (Å²) in [4.78, 5) is 2.39. The number of aliphatic hydroxyl groups excluding tert-OH is 1. The molecule has 1 rings (SSSR count). The summed E-state index contributed by atoms with van der Waals surface area (Å²) in [5.74, 6) is 0. The molecule has 1 heterocycles. The van der Waals surface area contributed by atoms with Crippen LogP contribution in [0.1, 0.15) is 40.0 Å².